The predicted molar refractivity (Wildman–Crippen MR) is 141 cm³/mol. The first kappa shape index (κ1) is 26.8. The van der Waals surface area contributed by atoms with Crippen LogP contribution >= 0.6 is 0 Å². The number of fused-ring (bicyclic) bond motifs is 1. The average molecular weight is 521 g/mol. The number of rotatable bonds is 7. The molecule has 0 fully saturated rings. The molecule has 0 radical (unpaired) electrons. The normalized spacial score (nSPS) is 20.2. The molecular weight excluding hydrogens is 488 g/mol. The molecule has 3 aromatic rings. The Hall–Kier alpha value is -3.29. The first-order chi connectivity index (χ1) is 17.7. The molecule has 8 nitrogen and oxygen atoms in total. The zero-order chi connectivity index (χ0) is 26.6. The van der Waals surface area contributed by atoms with E-state index >= 15 is 0 Å². The highest BCUT2D eigenvalue weighted by Gasteiger charge is 2.38. The fourth-order valence-corrected chi connectivity index (χ4v) is 6.33. The number of hydrogen-bond donors (Lipinski definition) is 1. The number of hydrogen-bond acceptors (Lipinski definition) is 7. The van der Waals surface area contributed by atoms with Gasteiger partial charge in [-0.05, 0) is 61.5 Å². The third kappa shape index (κ3) is 6.00. The zero-order valence-corrected chi connectivity index (χ0v) is 22.1. The minimum Gasteiger partial charge on any atom is -0.487 e. The number of nitriles is 1. The Kier molecular flexibility index (Phi) is 8.25. The molecule has 2 aromatic carbocycles. The van der Waals surface area contributed by atoms with Gasteiger partial charge in [0, 0.05) is 37.8 Å². The molecule has 1 aliphatic rings. The van der Waals surface area contributed by atoms with E-state index in [1.165, 1.54) is 4.31 Å². The maximum atomic E-state index is 13.7. The number of aliphatic hydroxyl groups excluding tert-OH is 1. The maximum Gasteiger partial charge on any atom is 0.247 e. The van der Waals surface area contributed by atoms with Crippen molar-refractivity contribution in [1.29, 1.82) is 5.26 Å². The molecule has 0 saturated carbocycles. The molecule has 0 saturated heterocycles. The first-order valence-electron chi connectivity index (χ1n) is 12.3. The van der Waals surface area contributed by atoms with Gasteiger partial charge in [0.05, 0.1) is 23.9 Å². The number of ether oxygens (including phenoxy) is 1. The molecular formula is C28H32N4O4S. The number of aliphatic hydroxyl groups is 1. The molecule has 0 aliphatic carbocycles. The molecule has 4 rings (SSSR count). The second-order valence-electron chi connectivity index (χ2n) is 9.61. The Morgan fingerprint density at radius 3 is 2.57 bits per heavy atom. The summed E-state index contributed by atoms with van der Waals surface area (Å²) >= 11 is 0. The molecule has 0 unspecified atom stereocenters. The van der Waals surface area contributed by atoms with Gasteiger partial charge < -0.3 is 9.84 Å². The Bertz CT molecular complexity index is 1360. The van der Waals surface area contributed by atoms with Crippen LogP contribution in [0.4, 0.5) is 0 Å². The quantitative estimate of drug-likeness (QED) is 0.508. The highest BCUT2D eigenvalue weighted by molar-refractivity contribution is 7.89. The van der Waals surface area contributed by atoms with Gasteiger partial charge in [-0.1, -0.05) is 31.2 Å². The van der Waals surface area contributed by atoms with Crippen LogP contribution in [0.5, 0.6) is 5.75 Å². The molecule has 2 heterocycles. The third-order valence-corrected chi connectivity index (χ3v) is 8.68. The molecule has 0 bridgehead atoms. The average Bonchev–Trinajstić information content (AvgIpc) is 2.90. The summed E-state index contributed by atoms with van der Waals surface area (Å²) in [5.74, 6) is 0.126. The lowest BCUT2D eigenvalue weighted by atomic mass is 10.0. The second-order valence-corrected chi connectivity index (χ2v) is 11.5. The van der Waals surface area contributed by atoms with Crippen LogP contribution in [0.2, 0.25) is 0 Å². The smallest absolute Gasteiger partial charge is 0.247 e. The van der Waals surface area contributed by atoms with Gasteiger partial charge in [0.25, 0.3) is 0 Å². The molecule has 1 aliphatic heterocycles. The lowest BCUT2D eigenvalue weighted by Crippen LogP contribution is -2.49. The summed E-state index contributed by atoms with van der Waals surface area (Å²) in [7, 11) is -1.93. The molecule has 1 N–H and O–H groups in total. The topological polar surface area (TPSA) is 107 Å². The van der Waals surface area contributed by atoms with E-state index in [0.717, 1.165) is 16.8 Å². The van der Waals surface area contributed by atoms with E-state index in [0.29, 0.717) is 18.7 Å². The highest BCUT2D eigenvalue weighted by atomic mass is 32.2. The molecule has 37 heavy (non-hydrogen) atoms. The van der Waals surface area contributed by atoms with Crippen LogP contribution in [0.25, 0.3) is 11.1 Å². The summed E-state index contributed by atoms with van der Waals surface area (Å²) in [5, 5.41) is 19.0. The van der Waals surface area contributed by atoms with E-state index in [1.54, 1.807) is 43.5 Å². The van der Waals surface area contributed by atoms with Crippen molar-refractivity contribution in [2.45, 2.75) is 37.4 Å². The summed E-state index contributed by atoms with van der Waals surface area (Å²) < 4.78 is 35.3. The van der Waals surface area contributed by atoms with Crippen molar-refractivity contribution in [2.24, 2.45) is 5.92 Å². The van der Waals surface area contributed by atoms with Crippen LogP contribution in [0.1, 0.15) is 25.1 Å². The van der Waals surface area contributed by atoms with Gasteiger partial charge in [0.15, 0.2) is 0 Å². The molecule has 1 aromatic heterocycles. The highest BCUT2D eigenvalue weighted by Crippen LogP contribution is 2.36. The van der Waals surface area contributed by atoms with E-state index in [1.807, 2.05) is 44.3 Å². The van der Waals surface area contributed by atoms with Crippen molar-refractivity contribution >= 4 is 10.0 Å². The van der Waals surface area contributed by atoms with Gasteiger partial charge >= 0.3 is 0 Å². The van der Waals surface area contributed by atoms with Crippen LogP contribution in [-0.4, -0.2) is 66.6 Å². The lowest BCUT2D eigenvalue weighted by Gasteiger charge is -2.37. The van der Waals surface area contributed by atoms with Crippen molar-refractivity contribution < 1.29 is 18.3 Å². The standard InChI is InChI=1S/C28H32N4O4S/c1-20-16-32(21(2)19-33)37(34,35)28-12-11-24(23-9-7-22(15-29)8-10-23)14-26(28)36-27(20)18-31(3)17-25-6-4-5-13-30-25/h4-14,20-21,27,33H,16-19H2,1-3H3/t20-,21+,27-/m0/s1. The van der Waals surface area contributed by atoms with Crippen LogP contribution < -0.4 is 4.74 Å². The summed E-state index contributed by atoms with van der Waals surface area (Å²) in [4.78, 5) is 6.60. The number of aromatic nitrogens is 1. The van der Waals surface area contributed by atoms with E-state index < -0.39 is 16.1 Å². The van der Waals surface area contributed by atoms with Crippen molar-refractivity contribution in [3.63, 3.8) is 0 Å². The summed E-state index contributed by atoms with van der Waals surface area (Å²) in [6.07, 6.45) is 1.45. The SMILES string of the molecule is C[C@H](CO)N1C[C@H](C)[C@H](CN(C)Cc2ccccn2)Oc2cc(-c3ccc(C#N)cc3)ccc2S1(=O)=O. The number of pyridine rings is 1. The molecule has 0 spiro atoms. The van der Waals surface area contributed by atoms with Crippen LogP contribution in [0, 0.1) is 17.2 Å². The first-order valence-corrected chi connectivity index (χ1v) is 13.7. The van der Waals surface area contributed by atoms with Gasteiger partial charge in [-0.3, -0.25) is 9.88 Å². The second kappa shape index (κ2) is 11.4. The van der Waals surface area contributed by atoms with Crippen molar-refractivity contribution in [1.82, 2.24) is 14.2 Å². The Balaban J connectivity index is 1.72. The summed E-state index contributed by atoms with van der Waals surface area (Å²) in [6, 6.07) is 19.5. The molecule has 9 heteroatoms. The Labute approximate surface area is 218 Å². The van der Waals surface area contributed by atoms with Crippen LogP contribution in [0.15, 0.2) is 71.8 Å². The number of benzene rings is 2. The summed E-state index contributed by atoms with van der Waals surface area (Å²) in [5.41, 5.74) is 3.12. The Morgan fingerprint density at radius 2 is 1.92 bits per heavy atom. The van der Waals surface area contributed by atoms with Gasteiger partial charge in [-0.25, -0.2) is 8.42 Å². The predicted octanol–water partition coefficient (Wildman–Crippen LogP) is 3.52. The number of likely N-dealkylation sites (N-methyl/N-ethyl adjacent to an activating group) is 1. The number of sulfonamides is 1. The molecule has 194 valence electrons. The fraction of sp³-hybridized carbons (Fsp3) is 0.357. The third-order valence-electron chi connectivity index (χ3n) is 6.66. The van der Waals surface area contributed by atoms with Gasteiger partial charge in [-0.15, -0.1) is 0 Å². The molecule has 3 atom stereocenters. The van der Waals surface area contributed by atoms with Gasteiger partial charge in [-0.2, -0.15) is 9.57 Å². The van der Waals surface area contributed by atoms with E-state index in [-0.39, 0.29) is 35.8 Å². The van der Waals surface area contributed by atoms with E-state index in [9.17, 15) is 13.5 Å². The monoisotopic (exact) mass is 520 g/mol. The minimum absolute atomic E-state index is 0.0782. The van der Waals surface area contributed by atoms with Crippen LogP contribution in [0.3, 0.4) is 0 Å². The maximum absolute atomic E-state index is 13.7. The Morgan fingerprint density at radius 1 is 1.19 bits per heavy atom. The zero-order valence-electron chi connectivity index (χ0n) is 21.3. The van der Waals surface area contributed by atoms with Crippen molar-refractivity contribution in [3.8, 4) is 22.9 Å². The van der Waals surface area contributed by atoms with Gasteiger partial charge in [0.2, 0.25) is 10.0 Å². The van der Waals surface area contributed by atoms with Crippen molar-refractivity contribution in [2.75, 3.05) is 26.7 Å². The number of nitrogens with zero attached hydrogens (tertiary/aromatic N) is 4. The van der Waals surface area contributed by atoms with E-state index in [4.69, 9.17) is 10.00 Å². The fourth-order valence-electron chi connectivity index (χ4n) is 4.50. The van der Waals surface area contributed by atoms with E-state index in [2.05, 4.69) is 16.0 Å². The van der Waals surface area contributed by atoms with Crippen LogP contribution in [-0.2, 0) is 16.6 Å². The largest absolute Gasteiger partial charge is 0.487 e. The molecule has 0 amide bonds. The lowest BCUT2D eigenvalue weighted by molar-refractivity contribution is 0.0731. The van der Waals surface area contributed by atoms with Crippen molar-refractivity contribution in [3.05, 3.63) is 78.1 Å². The minimum atomic E-state index is -3.92. The van der Waals surface area contributed by atoms with Gasteiger partial charge in [0.1, 0.15) is 16.7 Å². The summed E-state index contributed by atoms with van der Waals surface area (Å²) in [6.45, 7) is 4.81.